The molecule has 0 amide bonds. The Balaban J connectivity index is 1.76. The van der Waals surface area contributed by atoms with Gasteiger partial charge in [0.05, 0.1) is 3.79 Å². The lowest BCUT2D eigenvalue weighted by Gasteiger charge is -2.20. The topological polar surface area (TPSA) is 27.6 Å². The van der Waals surface area contributed by atoms with E-state index in [4.69, 9.17) is 0 Å². The van der Waals surface area contributed by atoms with Gasteiger partial charge in [0, 0.05) is 31.6 Å². The fourth-order valence-corrected chi connectivity index (χ4v) is 3.53. The highest BCUT2D eigenvalue weighted by molar-refractivity contribution is 9.11. The van der Waals surface area contributed by atoms with Crippen molar-refractivity contribution < 1.29 is 0 Å². The first-order valence-corrected chi connectivity index (χ1v) is 7.60. The molecule has 1 aliphatic heterocycles. The Morgan fingerprint density at radius 2 is 2.24 bits per heavy atom. The monoisotopic (exact) mass is 315 g/mol. The van der Waals surface area contributed by atoms with Crippen LogP contribution in [0.1, 0.15) is 17.7 Å². The average Bonchev–Trinajstić information content (AvgIpc) is 2.96. The van der Waals surface area contributed by atoms with Crippen LogP contribution in [0.25, 0.3) is 0 Å². The number of hydrogen-bond donors (Lipinski definition) is 1. The van der Waals surface area contributed by atoms with Crippen LogP contribution < -0.4 is 5.32 Å². The summed E-state index contributed by atoms with van der Waals surface area (Å²) in [7, 11) is 1.86. The first-order valence-electron chi connectivity index (χ1n) is 5.99. The minimum absolute atomic E-state index is 0.954. The Kier molecular flexibility index (Phi) is 4.86. The molecule has 3 nitrogen and oxygen atoms in total. The lowest BCUT2D eigenvalue weighted by Crippen LogP contribution is -2.40. The van der Waals surface area contributed by atoms with E-state index in [9.17, 15) is 0 Å². The fraction of sp³-hybridized carbons (Fsp3) is 0.583. The summed E-state index contributed by atoms with van der Waals surface area (Å²) >= 11 is 5.29. The summed E-state index contributed by atoms with van der Waals surface area (Å²) in [5.74, 6) is 1.05. The number of likely N-dealkylation sites (tertiary alicyclic amines) is 1. The zero-order chi connectivity index (χ0) is 12.1. The van der Waals surface area contributed by atoms with Crippen molar-refractivity contribution >= 4 is 33.2 Å². The number of thiophene rings is 1. The molecule has 2 rings (SSSR count). The number of aliphatic imine (C=N–C) groups is 1. The molecule has 0 spiro atoms. The van der Waals surface area contributed by atoms with Crippen molar-refractivity contribution in [2.45, 2.75) is 19.3 Å². The van der Waals surface area contributed by atoms with Gasteiger partial charge >= 0.3 is 0 Å². The second-order valence-corrected chi connectivity index (χ2v) is 6.67. The molecule has 2 heterocycles. The maximum atomic E-state index is 4.33. The van der Waals surface area contributed by atoms with Crippen LogP contribution in [0.15, 0.2) is 20.9 Å². The lowest BCUT2D eigenvalue weighted by molar-refractivity contribution is 0.494. The highest BCUT2D eigenvalue weighted by Crippen LogP contribution is 2.22. The predicted octanol–water partition coefficient (Wildman–Crippen LogP) is 2.72. The number of halogens is 1. The molecule has 17 heavy (non-hydrogen) atoms. The molecule has 0 aliphatic carbocycles. The summed E-state index contributed by atoms with van der Waals surface area (Å²) < 4.78 is 1.21. The van der Waals surface area contributed by atoms with Crippen molar-refractivity contribution in [1.29, 1.82) is 0 Å². The molecular formula is C12H18BrN3S. The number of nitrogens with one attached hydrogen (secondary N) is 1. The lowest BCUT2D eigenvalue weighted by atomic mass is 10.3. The Labute approximate surface area is 115 Å². The zero-order valence-electron chi connectivity index (χ0n) is 10.1. The SMILES string of the molecule is CN=C(NCCc1ccc(Br)s1)N1CCCC1. The first-order chi connectivity index (χ1) is 8.29. The van der Waals surface area contributed by atoms with Gasteiger partial charge in [0.25, 0.3) is 0 Å². The van der Waals surface area contributed by atoms with Crippen LogP contribution in [-0.4, -0.2) is 37.5 Å². The van der Waals surface area contributed by atoms with Crippen LogP contribution in [0.3, 0.4) is 0 Å². The van der Waals surface area contributed by atoms with Crippen LogP contribution >= 0.6 is 27.3 Å². The number of nitrogens with zero attached hydrogens (tertiary/aromatic N) is 2. The molecule has 1 N–H and O–H groups in total. The van der Waals surface area contributed by atoms with Crippen LogP contribution in [0.4, 0.5) is 0 Å². The van der Waals surface area contributed by atoms with Gasteiger partial charge in [-0.15, -0.1) is 11.3 Å². The van der Waals surface area contributed by atoms with Crippen LogP contribution in [0.5, 0.6) is 0 Å². The van der Waals surface area contributed by atoms with E-state index in [1.807, 2.05) is 7.05 Å². The molecular weight excluding hydrogens is 298 g/mol. The molecule has 0 radical (unpaired) electrons. The van der Waals surface area contributed by atoms with Gasteiger partial charge in [-0.2, -0.15) is 0 Å². The Bertz CT molecular complexity index is 383. The van der Waals surface area contributed by atoms with Crippen LogP contribution in [0.2, 0.25) is 0 Å². The van der Waals surface area contributed by atoms with Crippen molar-refractivity contribution in [3.8, 4) is 0 Å². The number of rotatable bonds is 3. The highest BCUT2D eigenvalue weighted by atomic mass is 79.9. The van der Waals surface area contributed by atoms with Gasteiger partial charge in [-0.05, 0) is 47.3 Å². The highest BCUT2D eigenvalue weighted by Gasteiger charge is 2.14. The van der Waals surface area contributed by atoms with Crippen LogP contribution in [0, 0.1) is 0 Å². The molecule has 1 aliphatic rings. The summed E-state index contributed by atoms with van der Waals surface area (Å²) in [4.78, 5) is 8.07. The average molecular weight is 316 g/mol. The van der Waals surface area contributed by atoms with E-state index < -0.39 is 0 Å². The smallest absolute Gasteiger partial charge is 0.193 e. The molecule has 1 fully saturated rings. The van der Waals surface area contributed by atoms with Gasteiger partial charge in [0.2, 0.25) is 0 Å². The third-order valence-electron chi connectivity index (χ3n) is 2.90. The molecule has 0 atom stereocenters. The van der Waals surface area contributed by atoms with Gasteiger partial charge in [-0.3, -0.25) is 4.99 Å². The third kappa shape index (κ3) is 3.71. The van der Waals surface area contributed by atoms with Crippen molar-refractivity contribution in [2.24, 2.45) is 4.99 Å². The fourth-order valence-electron chi connectivity index (χ4n) is 2.04. The van der Waals surface area contributed by atoms with E-state index >= 15 is 0 Å². The molecule has 0 bridgehead atoms. The standard InChI is InChI=1S/C12H18BrN3S/c1-14-12(16-8-2-3-9-16)15-7-6-10-4-5-11(13)17-10/h4-5H,2-3,6-9H2,1H3,(H,14,15). The van der Waals surface area contributed by atoms with Crippen molar-refractivity contribution in [3.63, 3.8) is 0 Å². The molecule has 5 heteroatoms. The number of hydrogen-bond acceptors (Lipinski definition) is 2. The minimum Gasteiger partial charge on any atom is -0.356 e. The second kappa shape index (κ2) is 6.40. The van der Waals surface area contributed by atoms with Crippen LogP contribution in [-0.2, 0) is 6.42 Å². The minimum atomic E-state index is 0.954. The maximum Gasteiger partial charge on any atom is 0.193 e. The van der Waals surface area contributed by atoms with Crippen molar-refractivity contribution in [2.75, 3.05) is 26.7 Å². The molecule has 0 saturated carbocycles. The Morgan fingerprint density at radius 1 is 1.47 bits per heavy atom. The quantitative estimate of drug-likeness (QED) is 0.686. The third-order valence-corrected chi connectivity index (χ3v) is 4.58. The van der Waals surface area contributed by atoms with Crippen molar-refractivity contribution in [1.82, 2.24) is 10.2 Å². The van der Waals surface area contributed by atoms with E-state index in [1.54, 1.807) is 11.3 Å². The first kappa shape index (κ1) is 12.9. The predicted molar refractivity (Wildman–Crippen MR) is 77.9 cm³/mol. The normalized spacial score (nSPS) is 16.6. The van der Waals surface area contributed by atoms with Gasteiger partial charge < -0.3 is 10.2 Å². The Hall–Kier alpha value is -0.550. The van der Waals surface area contributed by atoms with Gasteiger partial charge in [-0.1, -0.05) is 0 Å². The van der Waals surface area contributed by atoms with E-state index in [1.165, 1.54) is 21.5 Å². The molecule has 0 aromatic carbocycles. The van der Waals surface area contributed by atoms with Gasteiger partial charge in [-0.25, -0.2) is 0 Å². The summed E-state index contributed by atoms with van der Waals surface area (Å²) in [5.41, 5.74) is 0. The molecule has 1 aromatic rings. The summed E-state index contributed by atoms with van der Waals surface area (Å²) in [6.45, 7) is 3.24. The van der Waals surface area contributed by atoms with E-state index in [0.29, 0.717) is 0 Å². The summed E-state index contributed by atoms with van der Waals surface area (Å²) in [6, 6.07) is 4.28. The largest absolute Gasteiger partial charge is 0.356 e. The Morgan fingerprint density at radius 3 is 2.82 bits per heavy atom. The van der Waals surface area contributed by atoms with Gasteiger partial charge in [0.1, 0.15) is 0 Å². The van der Waals surface area contributed by atoms with E-state index in [2.05, 4.69) is 43.3 Å². The second-order valence-electron chi connectivity index (χ2n) is 4.12. The van der Waals surface area contributed by atoms with Crippen molar-refractivity contribution in [3.05, 3.63) is 20.8 Å². The van der Waals surface area contributed by atoms with Gasteiger partial charge in [0.15, 0.2) is 5.96 Å². The van der Waals surface area contributed by atoms with E-state index in [-0.39, 0.29) is 0 Å². The molecule has 1 aromatic heterocycles. The molecule has 0 unspecified atom stereocenters. The number of guanidine groups is 1. The molecule has 1 saturated heterocycles. The molecule has 94 valence electrons. The summed E-state index contributed by atoms with van der Waals surface area (Å²) in [6.07, 6.45) is 3.64. The van der Waals surface area contributed by atoms with E-state index in [0.717, 1.165) is 32.0 Å². The zero-order valence-corrected chi connectivity index (χ0v) is 12.5. The maximum absolute atomic E-state index is 4.33. The summed E-state index contributed by atoms with van der Waals surface area (Å²) in [5, 5.41) is 3.44.